The number of piperidine rings is 2. The van der Waals surface area contributed by atoms with Crippen LogP contribution < -0.4 is 0 Å². The lowest BCUT2D eigenvalue weighted by Crippen LogP contribution is -2.59. The zero-order valence-electron chi connectivity index (χ0n) is 19.6. The van der Waals surface area contributed by atoms with Gasteiger partial charge in [-0.05, 0) is 97.7 Å². The Morgan fingerprint density at radius 2 is 1.26 bits per heavy atom. The minimum Gasteiger partial charge on any atom is -0.298 e. The average Bonchev–Trinajstić information content (AvgIpc) is 2.52. The van der Waals surface area contributed by atoms with E-state index in [2.05, 4.69) is 67.3 Å². The van der Waals surface area contributed by atoms with Crippen molar-refractivity contribution < 1.29 is 8.78 Å². The van der Waals surface area contributed by atoms with Gasteiger partial charge >= 0.3 is 0 Å². The fourth-order valence-electron chi connectivity index (χ4n) is 4.96. The maximum atomic E-state index is 12.6. The first-order valence-electron chi connectivity index (χ1n) is 10.9. The summed E-state index contributed by atoms with van der Waals surface area (Å²) in [5.74, 6) is 2.73. The first-order valence-corrected chi connectivity index (χ1v) is 10.9. The molecule has 2 aliphatic heterocycles. The fourth-order valence-corrected chi connectivity index (χ4v) is 4.96. The summed E-state index contributed by atoms with van der Waals surface area (Å²) in [7, 11) is 4.07. The first-order chi connectivity index (χ1) is 12.2. The number of rotatable bonds is 3. The van der Waals surface area contributed by atoms with Crippen LogP contribution in [-0.4, -0.2) is 54.0 Å². The minimum absolute atomic E-state index is 0.358. The summed E-state index contributed by atoms with van der Waals surface area (Å²) >= 11 is 0. The van der Waals surface area contributed by atoms with Crippen molar-refractivity contribution in [2.75, 3.05) is 20.6 Å². The van der Waals surface area contributed by atoms with E-state index in [1.807, 2.05) is 0 Å². The van der Waals surface area contributed by atoms with Crippen molar-refractivity contribution >= 4 is 0 Å². The Balaban J connectivity index is 0.000000271. The van der Waals surface area contributed by atoms with Crippen molar-refractivity contribution in [1.29, 1.82) is 0 Å². The predicted octanol–water partition coefficient (Wildman–Crippen LogP) is 6.16. The van der Waals surface area contributed by atoms with Gasteiger partial charge in [-0.1, -0.05) is 27.7 Å². The lowest BCUT2D eigenvalue weighted by atomic mass is 9.70. The lowest BCUT2D eigenvalue weighted by molar-refractivity contribution is -0.0404. The van der Waals surface area contributed by atoms with Crippen LogP contribution in [-0.2, 0) is 0 Å². The van der Waals surface area contributed by atoms with Gasteiger partial charge in [-0.25, -0.2) is 8.78 Å². The molecule has 0 bridgehead atoms. The van der Waals surface area contributed by atoms with Gasteiger partial charge in [0.05, 0.1) is 6.04 Å². The molecule has 0 N–H and O–H groups in total. The molecule has 0 aromatic carbocycles. The van der Waals surface area contributed by atoms with E-state index in [-0.39, 0.29) is 0 Å². The molecular weight excluding hydrogens is 342 g/mol. The summed E-state index contributed by atoms with van der Waals surface area (Å²) < 4.78 is 25.1. The maximum Gasteiger partial charge on any atom is 0.253 e. The SMILES string of the molecule is CC(C)C1CC(C)(C)N(C)C(C)(C)C1.CC(C)C1CCN(C)C(C(F)F)C1. The number of nitrogens with zero attached hydrogens (tertiary/aromatic N) is 2. The largest absolute Gasteiger partial charge is 0.298 e. The van der Waals surface area contributed by atoms with Gasteiger partial charge < -0.3 is 0 Å². The molecule has 27 heavy (non-hydrogen) atoms. The molecule has 4 heteroatoms. The standard InChI is InChI=1S/C13H27N.C10H19F2N/c1-10(2)11-8-12(3,4)14(7)13(5,6)9-11;1-7(2)8-4-5-13(3)9(6-8)10(11)12/h10-11H,8-9H2,1-7H3;7-10H,4-6H2,1-3H3. The smallest absolute Gasteiger partial charge is 0.253 e. The van der Waals surface area contributed by atoms with E-state index < -0.39 is 12.5 Å². The second kappa shape index (κ2) is 9.52. The van der Waals surface area contributed by atoms with Crippen LogP contribution in [0.15, 0.2) is 0 Å². The third kappa shape index (κ3) is 6.66. The Labute approximate surface area is 168 Å². The molecule has 2 heterocycles. The van der Waals surface area contributed by atoms with Gasteiger partial charge in [0.25, 0.3) is 6.43 Å². The highest BCUT2D eigenvalue weighted by molar-refractivity contribution is 4.98. The second-order valence-electron chi connectivity index (χ2n) is 11.0. The summed E-state index contributed by atoms with van der Waals surface area (Å²) in [4.78, 5) is 4.35. The highest BCUT2D eigenvalue weighted by Crippen LogP contribution is 2.42. The highest BCUT2D eigenvalue weighted by Gasteiger charge is 2.43. The molecule has 0 aliphatic carbocycles. The molecule has 2 atom stereocenters. The molecule has 0 amide bonds. The van der Waals surface area contributed by atoms with E-state index in [1.165, 1.54) is 12.8 Å². The molecule has 162 valence electrons. The Morgan fingerprint density at radius 1 is 0.815 bits per heavy atom. The zero-order valence-corrected chi connectivity index (χ0v) is 19.6. The van der Waals surface area contributed by atoms with E-state index in [0.717, 1.165) is 24.8 Å². The third-order valence-electron chi connectivity index (χ3n) is 7.48. The molecule has 0 spiro atoms. The van der Waals surface area contributed by atoms with Gasteiger partial charge in [-0.15, -0.1) is 0 Å². The molecule has 2 rings (SSSR count). The summed E-state index contributed by atoms with van der Waals surface area (Å²) in [5, 5.41) is 0. The van der Waals surface area contributed by atoms with Crippen LogP contribution in [0.4, 0.5) is 8.78 Å². The quantitative estimate of drug-likeness (QED) is 0.571. The van der Waals surface area contributed by atoms with Gasteiger partial charge in [0, 0.05) is 11.1 Å². The number of halogens is 2. The van der Waals surface area contributed by atoms with Crippen LogP contribution in [0, 0.1) is 23.7 Å². The fraction of sp³-hybridized carbons (Fsp3) is 1.00. The van der Waals surface area contributed by atoms with Crippen molar-refractivity contribution in [2.45, 2.75) is 105 Å². The topological polar surface area (TPSA) is 6.48 Å². The van der Waals surface area contributed by atoms with Gasteiger partial charge in [0.1, 0.15) is 0 Å². The van der Waals surface area contributed by atoms with E-state index in [0.29, 0.717) is 29.3 Å². The normalized spacial score (nSPS) is 29.9. The average molecular weight is 389 g/mol. The monoisotopic (exact) mass is 388 g/mol. The predicted molar refractivity (Wildman–Crippen MR) is 113 cm³/mol. The molecule has 2 unspecified atom stereocenters. The number of hydrogen-bond acceptors (Lipinski definition) is 2. The summed E-state index contributed by atoms with van der Waals surface area (Å²) in [6, 6.07) is -0.513. The summed E-state index contributed by atoms with van der Waals surface area (Å²) in [6.45, 7) is 19.3. The van der Waals surface area contributed by atoms with Crippen LogP contribution in [0.1, 0.15) is 81.1 Å². The lowest BCUT2D eigenvalue weighted by Gasteiger charge is -2.54. The zero-order chi connectivity index (χ0) is 21.2. The van der Waals surface area contributed by atoms with Crippen LogP contribution >= 0.6 is 0 Å². The minimum atomic E-state index is -2.19. The molecule has 0 aromatic heterocycles. The third-order valence-corrected chi connectivity index (χ3v) is 7.48. The van der Waals surface area contributed by atoms with Crippen molar-refractivity contribution in [3.8, 4) is 0 Å². The van der Waals surface area contributed by atoms with E-state index in [4.69, 9.17) is 0 Å². The summed E-state index contributed by atoms with van der Waals surface area (Å²) in [5.41, 5.74) is 0.716. The number of alkyl halides is 2. The molecule has 2 nitrogen and oxygen atoms in total. The Kier molecular flexibility index (Phi) is 8.75. The Bertz CT molecular complexity index is 428. The van der Waals surface area contributed by atoms with E-state index >= 15 is 0 Å². The maximum absolute atomic E-state index is 12.6. The van der Waals surface area contributed by atoms with Gasteiger partial charge in [-0.3, -0.25) is 9.80 Å². The Morgan fingerprint density at radius 3 is 1.63 bits per heavy atom. The second-order valence-corrected chi connectivity index (χ2v) is 11.0. The van der Waals surface area contributed by atoms with Crippen LogP contribution in [0.5, 0.6) is 0 Å². The van der Waals surface area contributed by atoms with Gasteiger partial charge in [0.2, 0.25) is 0 Å². The van der Waals surface area contributed by atoms with Crippen molar-refractivity contribution in [3.63, 3.8) is 0 Å². The molecular formula is C23H46F2N2. The van der Waals surface area contributed by atoms with Crippen molar-refractivity contribution in [2.24, 2.45) is 23.7 Å². The van der Waals surface area contributed by atoms with Gasteiger partial charge in [-0.2, -0.15) is 0 Å². The molecule has 0 saturated carbocycles. The number of likely N-dealkylation sites (tertiary alicyclic amines) is 2. The van der Waals surface area contributed by atoms with E-state index in [9.17, 15) is 8.78 Å². The van der Waals surface area contributed by atoms with E-state index in [1.54, 1.807) is 11.9 Å². The van der Waals surface area contributed by atoms with Crippen LogP contribution in [0.3, 0.4) is 0 Å². The molecule has 0 radical (unpaired) electrons. The van der Waals surface area contributed by atoms with Crippen LogP contribution in [0.25, 0.3) is 0 Å². The molecule has 2 fully saturated rings. The van der Waals surface area contributed by atoms with Crippen molar-refractivity contribution in [3.05, 3.63) is 0 Å². The highest BCUT2D eigenvalue weighted by atomic mass is 19.3. The Hall–Kier alpha value is -0.220. The molecule has 2 saturated heterocycles. The number of hydrogen-bond donors (Lipinski definition) is 0. The summed E-state index contributed by atoms with van der Waals surface area (Å²) in [6.07, 6.45) is 2.21. The van der Waals surface area contributed by atoms with Gasteiger partial charge in [0.15, 0.2) is 0 Å². The molecule has 0 aromatic rings. The van der Waals surface area contributed by atoms with Crippen molar-refractivity contribution in [1.82, 2.24) is 9.80 Å². The molecule has 2 aliphatic rings. The first kappa shape index (κ1) is 24.8. The van der Waals surface area contributed by atoms with Crippen LogP contribution in [0.2, 0.25) is 0 Å².